The van der Waals surface area contributed by atoms with E-state index in [1.807, 2.05) is 12.1 Å². The topological polar surface area (TPSA) is 26.0 Å². The van der Waals surface area contributed by atoms with Crippen molar-refractivity contribution in [2.24, 2.45) is 5.73 Å². The Morgan fingerprint density at radius 1 is 0.700 bits per heavy atom. The first-order valence-corrected chi connectivity index (χ1v) is 7.63. The molecule has 1 atom stereocenters. The van der Waals surface area contributed by atoms with Gasteiger partial charge >= 0.3 is 0 Å². The molecule has 0 saturated heterocycles. The van der Waals surface area contributed by atoms with Crippen molar-refractivity contribution in [3.05, 3.63) is 94.2 Å². The second kappa shape index (κ2) is 6.04. The lowest BCUT2D eigenvalue weighted by atomic mass is 9.85. The van der Waals surface area contributed by atoms with Gasteiger partial charge in [-0.25, -0.2) is 0 Å². The van der Waals surface area contributed by atoms with E-state index in [-0.39, 0.29) is 12.0 Å². The molecule has 1 nitrogen and oxygen atoms in total. The number of nitrogens with two attached hydrogens (primary N) is 1. The number of benzene rings is 2. The highest BCUT2D eigenvalue weighted by Gasteiger charge is 2.23. The van der Waals surface area contributed by atoms with E-state index in [1.54, 1.807) is 11.3 Å². The van der Waals surface area contributed by atoms with Crippen LogP contribution in [0.15, 0.2) is 78.2 Å². The first kappa shape index (κ1) is 13.1. The van der Waals surface area contributed by atoms with E-state index in [0.717, 1.165) is 0 Å². The lowest BCUT2D eigenvalue weighted by Gasteiger charge is -2.24. The molecule has 2 N–H and O–H groups in total. The maximum atomic E-state index is 6.56. The van der Waals surface area contributed by atoms with E-state index in [1.165, 1.54) is 16.0 Å². The molecule has 0 fully saturated rings. The van der Waals surface area contributed by atoms with Crippen LogP contribution in [0, 0.1) is 0 Å². The van der Waals surface area contributed by atoms with Crippen molar-refractivity contribution in [3.8, 4) is 0 Å². The smallest absolute Gasteiger partial charge is 0.0500 e. The van der Waals surface area contributed by atoms with Crippen LogP contribution in [0.25, 0.3) is 0 Å². The highest BCUT2D eigenvalue weighted by molar-refractivity contribution is 7.10. The molecule has 0 aliphatic heterocycles. The summed E-state index contributed by atoms with van der Waals surface area (Å²) in [6.07, 6.45) is 0. The molecule has 0 aliphatic carbocycles. The summed E-state index contributed by atoms with van der Waals surface area (Å²) in [7, 11) is 0. The van der Waals surface area contributed by atoms with E-state index in [9.17, 15) is 0 Å². The Morgan fingerprint density at radius 3 is 1.70 bits per heavy atom. The van der Waals surface area contributed by atoms with Gasteiger partial charge < -0.3 is 5.73 Å². The molecular weight excluding hydrogens is 262 g/mol. The van der Waals surface area contributed by atoms with Crippen LogP contribution in [-0.2, 0) is 0 Å². The van der Waals surface area contributed by atoms with Crippen LogP contribution >= 0.6 is 11.3 Å². The highest BCUT2D eigenvalue weighted by atomic mass is 32.1. The Kier molecular flexibility index (Phi) is 3.95. The van der Waals surface area contributed by atoms with Crippen LogP contribution in [0.4, 0.5) is 0 Å². The summed E-state index contributed by atoms with van der Waals surface area (Å²) in [4.78, 5) is 1.22. The molecule has 0 radical (unpaired) electrons. The zero-order chi connectivity index (χ0) is 13.8. The van der Waals surface area contributed by atoms with Gasteiger partial charge in [-0.1, -0.05) is 66.7 Å². The third kappa shape index (κ3) is 2.67. The third-order valence-electron chi connectivity index (χ3n) is 3.55. The summed E-state index contributed by atoms with van der Waals surface area (Å²) < 4.78 is 0. The predicted octanol–water partition coefficient (Wildman–Crippen LogP) is 4.58. The van der Waals surface area contributed by atoms with Crippen molar-refractivity contribution in [2.45, 2.75) is 12.0 Å². The lowest BCUT2D eigenvalue weighted by molar-refractivity contribution is 0.640. The second-order valence-corrected chi connectivity index (χ2v) is 5.82. The van der Waals surface area contributed by atoms with Crippen molar-refractivity contribution in [1.82, 2.24) is 0 Å². The molecular formula is C18H17NS. The Morgan fingerprint density at radius 2 is 1.25 bits per heavy atom. The largest absolute Gasteiger partial charge is 0.322 e. The number of hydrogen-bond donors (Lipinski definition) is 1. The monoisotopic (exact) mass is 279 g/mol. The molecule has 3 rings (SSSR count). The fourth-order valence-corrected chi connectivity index (χ4v) is 3.34. The summed E-state index contributed by atoms with van der Waals surface area (Å²) in [5.74, 6) is 0.191. The molecule has 1 aromatic heterocycles. The molecule has 1 unspecified atom stereocenters. The fourth-order valence-electron chi connectivity index (χ4n) is 2.57. The van der Waals surface area contributed by atoms with Gasteiger partial charge in [-0.2, -0.15) is 0 Å². The van der Waals surface area contributed by atoms with Crippen LogP contribution < -0.4 is 5.73 Å². The van der Waals surface area contributed by atoms with Crippen molar-refractivity contribution in [2.75, 3.05) is 0 Å². The van der Waals surface area contributed by atoms with E-state index >= 15 is 0 Å². The molecule has 0 spiro atoms. The highest BCUT2D eigenvalue weighted by Crippen LogP contribution is 2.36. The molecule has 0 saturated carbocycles. The molecule has 1 heterocycles. The third-order valence-corrected chi connectivity index (χ3v) is 4.52. The SMILES string of the molecule is NC(c1cccs1)C(c1ccccc1)c1ccccc1. The quantitative estimate of drug-likeness (QED) is 0.743. The molecule has 3 aromatic rings. The molecule has 0 bridgehead atoms. The van der Waals surface area contributed by atoms with Gasteiger partial charge in [0.15, 0.2) is 0 Å². The van der Waals surface area contributed by atoms with Crippen molar-refractivity contribution >= 4 is 11.3 Å². The Balaban J connectivity index is 2.05. The number of thiophene rings is 1. The van der Waals surface area contributed by atoms with E-state index in [0.29, 0.717) is 0 Å². The fraction of sp³-hybridized carbons (Fsp3) is 0.111. The zero-order valence-corrected chi connectivity index (χ0v) is 12.0. The second-order valence-electron chi connectivity index (χ2n) is 4.84. The first-order chi connectivity index (χ1) is 9.86. The summed E-state index contributed by atoms with van der Waals surface area (Å²) in [6, 6.07) is 25.2. The Bertz CT molecular complexity index is 592. The minimum Gasteiger partial charge on any atom is -0.322 e. The van der Waals surface area contributed by atoms with E-state index in [2.05, 4.69) is 66.0 Å². The van der Waals surface area contributed by atoms with Gasteiger partial charge in [0, 0.05) is 10.8 Å². The van der Waals surface area contributed by atoms with Gasteiger partial charge in [-0.3, -0.25) is 0 Å². The molecule has 20 heavy (non-hydrogen) atoms. The minimum absolute atomic E-state index is 0.0141. The molecule has 2 aromatic carbocycles. The number of hydrogen-bond acceptors (Lipinski definition) is 2. The van der Waals surface area contributed by atoms with Crippen LogP contribution in [0.5, 0.6) is 0 Å². The average molecular weight is 279 g/mol. The summed E-state index contributed by atoms with van der Waals surface area (Å²) in [5.41, 5.74) is 9.09. The van der Waals surface area contributed by atoms with Gasteiger partial charge in [0.25, 0.3) is 0 Å². The maximum absolute atomic E-state index is 6.56. The van der Waals surface area contributed by atoms with Crippen molar-refractivity contribution < 1.29 is 0 Å². The van der Waals surface area contributed by atoms with Crippen LogP contribution in [0.1, 0.15) is 28.0 Å². The predicted molar refractivity (Wildman–Crippen MR) is 86.0 cm³/mol. The normalized spacial score (nSPS) is 12.5. The number of rotatable bonds is 4. The standard InChI is InChI=1S/C18H17NS/c19-18(16-12-7-13-20-16)17(14-8-3-1-4-9-14)15-10-5-2-6-11-15/h1-13,17-18H,19H2. The van der Waals surface area contributed by atoms with Crippen molar-refractivity contribution in [1.29, 1.82) is 0 Å². The minimum atomic E-state index is -0.0141. The van der Waals surface area contributed by atoms with Gasteiger partial charge in [0.1, 0.15) is 0 Å². The van der Waals surface area contributed by atoms with Gasteiger partial charge in [0.2, 0.25) is 0 Å². The maximum Gasteiger partial charge on any atom is 0.0500 e. The average Bonchev–Trinajstić information content (AvgIpc) is 3.04. The summed E-state index contributed by atoms with van der Waals surface area (Å²) in [5, 5.41) is 2.09. The van der Waals surface area contributed by atoms with Crippen LogP contribution in [0.3, 0.4) is 0 Å². The van der Waals surface area contributed by atoms with Gasteiger partial charge in [0.05, 0.1) is 6.04 Å². The van der Waals surface area contributed by atoms with Crippen molar-refractivity contribution in [3.63, 3.8) is 0 Å². The summed E-state index contributed by atoms with van der Waals surface area (Å²) >= 11 is 1.72. The Hall–Kier alpha value is -1.90. The molecule has 0 aliphatic rings. The lowest BCUT2D eigenvalue weighted by Crippen LogP contribution is -2.20. The Labute approximate surface area is 123 Å². The van der Waals surface area contributed by atoms with Crippen LogP contribution in [0.2, 0.25) is 0 Å². The first-order valence-electron chi connectivity index (χ1n) is 6.75. The van der Waals surface area contributed by atoms with Gasteiger partial charge in [-0.15, -0.1) is 11.3 Å². The van der Waals surface area contributed by atoms with E-state index in [4.69, 9.17) is 5.73 Å². The molecule has 100 valence electrons. The zero-order valence-electron chi connectivity index (χ0n) is 11.1. The van der Waals surface area contributed by atoms with Crippen LogP contribution in [-0.4, -0.2) is 0 Å². The summed E-state index contributed by atoms with van der Waals surface area (Å²) in [6.45, 7) is 0. The molecule has 2 heteroatoms. The van der Waals surface area contributed by atoms with Gasteiger partial charge in [-0.05, 0) is 22.6 Å². The van der Waals surface area contributed by atoms with E-state index < -0.39 is 0 Å². The molecule has 0 amide bonds.